The average molecular weight is 345 g/mol. The number of carbonyl (C=O) groups is 1. The van der Waals surface area contributed by atoms with Crippen LogP contribution < -0.4 is 0 Å². The largest absolute Gasteiger partial charge is 0.457 e. The summed E-state index contributed by atoms with van der Waals surface area (Å²) < 4.78 is 5.04. The van der Waals surface area contributed by atoms with Gasteiger partial charge in [0.15, 0.2) is 0 Å². The van der Waals surface area contributed by atoms with E-state index in [9.17, 15) is 9.90 Å². The molecule has 5 nitrogen and oxygen atoms in total. The molecule has 0 spiro atoms. The van der Waals surface area contributed by atoms with Crippen LogP contribution in [-0.4, -0.2) is 21.0 Å². The van der Waals surface area contributed by atoms with E-state index >= 15 is 0 Å². The summed E-state index contributed by atoms with van der Waals surface area (Å²) in [4.78, 5) is 19.6. The number of esters is 1. The predicted molar refractivity (Wildman–Crippen MR) is 80.3 cm³/mol. The van der Waals surface area contributed by atoms with Crippen molar-refractivity contribution in [1.82, 2.24) is 9.97 Å². The minimum Gasteiger partial charge on any atom is -0.457 e. The van der Waals surface area contributed by atoms with Gasteiger partial charge in [-0.15, -0.1) is 11.3 Å². The molecule has 0 aliphatic heterocycles. The highest BCUT2D eigenvalue weighted by Crippen LogP contribution is 2.24. The lowest BCUT2D eigenvalue weighted by atomic mass is 10.2. The predicted octanol–water partition coefficient (Wildman–Crippen LogP) is 3.18. The van der Waals surface area contributed by atoms with Gasteiger partial charge in [0.2, 0.25) is 0 Å². The third-order valence-corrected chi connectivity index (χ3v) is 4.01. The van der Waals surface area contributed by atoms with Crippen molar-refractivity contribution in [3.8, 4) is 0 Å². The Morgan fingerprint density at radius 2 is 2.24 bits per heavy atom. The fraction of sp³-hybridized carbons (Fsp3) is 0.154. The van der Waals surface area contributed by atoms with Gasteiger partial charge in [-0.2, -0.15) is 0 Å². The minimum absolute atomic E-state index is 0.0493. The van der Waals surface area contributed by atoms with E-state index in [1.165, 1.54) is 23.7 Å². The molecule has 0 bridgehead atoms. The maximum absolute atomic E-state index is 11.8. The summed E-state index contributed by atoms with van der Waals surface area (Å²) in [7, 11) is 0. The number of pyridine rings is 1. The Morgan fingerprint density at radius 3 is 2.86 bits per heavy atom. The Bertz CT molecular complexity index is 661. The van der Waals surface area contributed by atoms with Crippen molar-refractivity contribution in [1.29, 1.82) is 0 Å². The average Bonchev–Trinajstić information content (AvgIpc) is 3.00. The smallest absolute Gasteiger partial charge is 0.336 e. The number of rotatable bonds is 5. The number of ether oxygens (including phenoxy) is 1. The fourth-order valence-corrected chi connectivity index (χ4v) is 2.36. The summed E-state index contributed by atoms with van der Waals surface area (Å²) in [6, 6.07) is 1.55. The van der Waals surface area contributed by atoms with Crippen molar-refractivity contribution in [2.45, 2.75) is 12.7 Å². The van der Waals surface area contributed by atoms with Crippen molar-refractivity contribution in [2.24, 2.45) is 0 Å². The molecule has 110 valence electrons. The molecule has 0 aromatic carbocycles. The molecule has 1 N–H and O–H groups in total. The first-order valence-electron chi connectivity index (χ1n) is 5.72. The second kappa shape index (κ2) is 7.00. The Hall–Kier alpha value is -1.47. The van der Waals surface area contributed by atoms with Gasteiger partial charge in [-0.1, -0.05) is 29.8 Å². The van der Waals surface area contributed by atoms with Crippen LogP contribution in [0.3, 0.4) is 0 Å². The van der Waals surface area contributed by atoms with Gasteiger partial charge in [0, 0.05) is 23.3 Å². The number of aliphatic hydroxyl groups is 1. The molecule has 0 saturated heterocycles. The van der Waals surface area contributed by atoms with Crippen molar-refractivity contribution >= 4 is 40.5 Å². The zero-order valence-electron chi connectivity index (χ0n) is 10.6. The highest BCUT2D eigenvalue weighted by molar-refractivity contribution is 7.09. The number of thiazole rings is 1. The van der Waals surface area contributed by atoms with Crippen molar-refractivity contribution < 1.29 is 14.6 Å². The third-order valence-electron chi connectivity index (χ3n) is 2.50. The van der Waals surface area contributed by atoms with Crippen LogP contribution in [0.4, 0.5) is 0 Å². The molecular formula is C13H10Cl2N2O3S. The van der Waals surface area contributed by atoms with Crippen LogP contribution in [0.25, 0.3) is 0 Å². The van der Waals surface area contributed by atoms with Gasteiger partial charge in [-0.05, 0) is 6.07 Å². The summed E-state index contributed by atoms with van der Waals surface area (Å²) in [5, 5.41) is 12.4. The molecule has 0 aliphatic rings. The van der Waals surface area contributed by atoms with Crippen LogP contribution in [0, 0.1) is 0 Å². The molecule has 8 heteroatoms. The highest BCUT2D eigenvalue weighted by Gasteiger charge is 2.21. The second-order valence-electron chi connectivity index (χ2n) is 3.99. The Morgan fingerprint density at radius 1 is 1.48 bits per heavy atom. The summed E-state index contributed by atoms with van der Waals surface area (Å²) in [5.41, 5.74) is 0.493. The van der Waals surface area contributed by atoms with Gasteiger partial charge in [0.05, 0.1) is 10.6 Å². The summed E-state index contributed by atoms with van der Waals surface area (Å²) >= 11 is 12.7. The molecule has 0 fully saturated rings. The molecule has 0 amide bonds. The molecule has 1 atom stereocenters. The topological polar surface area (TPSA) is 72.3 Å². The number of aliphatic hydroxyl groups excluding tert-OH is 1. The zero-order valence-corrected chi connectivity index (χ0v) is 13.0. The zero-order chi connectivity index (χ0) is 15.4. The fourth-order valence-electron chi connectivity index (χ4n) is 1.41. The molecule has 2 aromatic heterocycles. The monoisotopic (exact) mass is 344 g/mol. The molecule has 0 saturated carbocycles. The molecule has 21 heavy (non-hydrogen) atoms. The van der Waals surface area contributed by atoms with E-state index in [0.29, 0.717) is 10.6 Å². The minimum atomic E-state index is -1.18. The first kappa shape index (κ1) is 15.9. The van der Waals surface area contributed by atoms with Crippen molar-refractivity contribution in [3.05, 3.63) is 56.7 Å². The van der Waals surface area contributed by atoms with Gasteiger partial charge in [0.25, 0.3) is 0 Å². The number of carbonyl (C=O) groups excluding carboxylic acids is 1. The van der Waals surface area contributed by atoms with Crippen molar-refractivity contribution in [3.63, 3.8) is 0 Å². The van der Waals surface area contributed by atoms with E-state index < -0.39 is 12.1 Å². The lowest BCUT2D eigenvalue weighted by molar-refractivity contribution is -0.141. The third kappa shape index (κ3) is 4.01. The molecular weight excluding hydrogens is 335 g/mol. The van der Waals surface area contributed by atoms with Gasteiger partial charge in [-0.25, -0.2) is 14.8 Å². The van der Waals surface area contributed by atoms with Crippen molar-refractivity contribution in [2.75, 3.05) is 0 Å². The normalized spacial score (nSPS) is 12.0. The van der Waals surface area contributed by atoms with E-state index in [2.05, 4.69) is 16.5 Å². The number of aromatic nitrogens is 2. The van der Waals surface area contributed by atoms with E-state index in [4.69, 9.17) is 27.9 Å². The summed E-state index contributed by atoms with van der Waals surface area (Å²) in [6.07, 6.45) is 1.80. The Balaban J connectivity index is 1.95. The number of halogens is 2. The number of hydrogen-bond acceptors (Lipinski definition) is 6. The van der Waals surface area contributed by atoms with Crippen LogP contribution in [0.2, 0.25) is 10.2 Å². The number of nitrogens with zero attached hydrogens (tertiary/aromatic N) is 2. The summed E-state index contributed by atoms with van der Waals surface area (Å²) in [5.74, 6) is -0.719. The van der Waals surface area contributed by atoms with Gasteiger partial charge in [-0.3, -0.25) is 0 Å². The lowest BCUT2D eigenvalue weighted by Crippen LogP contribution is -2.13. The first-order valence-corrected chi connectivity index (χ1v) is 7.36. The quantitative estimate of drug-likeness (QED) is 0.512. The molecule has 0 aliphatic carbocycles. The Kier molecular flexibility index (Phi) is 5.30. The van der Waals surface area contributed by atoms with E-state index in [-0.39, 0.29) is 22.4 Å². The molecule has 0 radical (unpaired) electrons. The van der Waals surface area contributed by atoms with Crippen LogP contribution in [0.15, 0.2) is 36.0 Å². The summed E-state index contributed by atoms with van der Waals surface area (Å²) in [6.45, 7) is 3.48. The molecule has 2 rings (SSSR count). The van der Waals surface area contributed by atoms with Crippen LogP contribution >= 0.6 is 34.5 Å². The van der Waals surface area contributed by atoms with E-state index in [1.807, 2.05) is 0 Å². The maximum Gasteiger partial charge on any atom is 0.336 e. The Labute approximate surface area is 134 Å². The van der Waals surface area contributed by atoms with E-state index in [1.54, 1.807) is 11.4 Å². The van der Waals surface area contributed by atoms with Gasteiger partial charge < -0.3 is 9.84 Å². The van der Waals surface area contributed by atoms with Gasteiger partial charge >= 0.3 is 5.97 Å². The molecule has 2 heterocycles. The molecule has 1 unspecified atom stereocenters. The molecule has 2 aromatic rings. The SMILES string of the molecule is C=C(C(=O)OCc1cnc(Cl)c(Cl)c1)C(O)c1nccs1. The first-order chi connectivity index (χ1) is 9.99. The lowest BCUT2D eigenvalue weighted by Gasteiger charge is -2.11. The van der Waals surface area contributed by atoms with E-state index in [0.717, 1.165) is 0 Å². The maximum atomic E-state index is 11.8. The van der Waals surface area contributed by atoms with Crippen LogP contribution in [0.5, 0.6) is 0 Å². The van der Waals surface area contributed by atoms with Gasteiger partial charge in [0.1, 0.15) is 22.9 Å². The number of hydrogen-bond donors (Lipinski definition) is 1. The van der Waals surface area contributed by atoms with Crippen LogP contribution in [-0.2, 0) is 16.1 Å². The van der Waals surface area contributed by atoms with Crippen LogP contribution in [0.1, 0.15) is 16.7 Å². The standard InChI is InChI=1S/C13H10Cl2N2O3S/c1-7(10(18)12-16-2-3-21-12)13(19)20-6-8-4-9(14)11(15)17-5-8/h2-5,10,18H,1,6H2. The highest BCUT2D eigenvalue weighted by atomic mass is 35.5. The second-order valence-corrected chi connectivity index (χ2v) is 5.68.